The Balaban J connectivity index is 1.62. The molecule has 0 aliphatic heterocycles. The zero-order valence-corrected chi connectivity index (χ0v) is 14.7. The summed E-state index contributed by atoms with van der Waals surface area (Å²) in [5.74, 6) is 2.00. The fourth-order valence-corrected chi connectivity index (χ4v) is 4.34. The van der Waals surface area contributed by atoms with E-state index in [-0.39, 0.29) is 5.82 Å². The van der Waals surface area contributed by atoms with Crippen LogP contribution in [0, 0.1) is 5.82 Å². The van der Waals surface area contributed by atoms with Gasteiger partial charge in [-0.05, 0) is 42.7 Å². The normalized spacial score (nSPS) is 15.6. The average Bonchev–Trinajstić information content (AvgIpc) is 3.30. The molecule has 1 aliphatic carbocycles. The van der Waals surface area contributed by atoms with Crippen LogP contribution in [0.2, 0.25) is 0 Å². The fourth-order valence-electron chi connectivity index (χ4n) is 3.39. The van der Waals surface area contributed by atoms with Crippen molar-refractivity contribution in [2.24, 2.45) is 0 Å². The Morgan fingerprint density at radius 1 is 1.12 bits per heavy atom. The number of aromatic nitrogens is 3. The molecule has 2 aromatic heterocycles. The molecule has 0 unspecified atom stereocenters. The van der Waals surface area contributed by atoms with Gasteiger partial charge in [0.1, 0.15) is 5.82 Å². The lowest BCUT2D eigenvalue weighted by Gasteiger charge is -2.25. The summed E-state index contributed by atoms with van der Waals surface area (Å²) in [6.45, 7) is 0. The van der Waals surface area contributed by atoms with Gasteiger partial charge in [-0.3, -0.25) is 4.57 Å². The third-order valence-electron chi connectivity index (χ3n) is 4.60. The predicted octanol–water partition coefficient (Wildman–Crippen LogP) is 5.47. The molecule has 1 aliphatic rings. The molecule has 0 atom stereocenters. The van der Waals surface area contributed by atoms with Crippen molar-refractivity contribution in [3.05, 3.63) is 54.0 Å². The highest BCUT2D eigenvalue weighted by Crippen LogP contribution is 2.36. The van der Waals surface area contributed by atoms with E-state index in [1.165, 1.54) is 25.3 Å². The largest absolute Gasteiger partial charge is 0.461 e. The molecule has 130 valence electrons. The second-order valence-electron chi connectivity index (χ2n) is 6.36. The first-order chi connectivity index (χ1) is 12.3. The molecule has 0 bridgehead atoms. The smallest absolute Gasteiger partial charge is 0.200 e. The highest BCUT2D eigenvalue weighted by molar-refractivity contribution is 7.98. The van der Waals surface area contributed by atoms with Gasteiger partial charge in [-0.1, -0.05) is 43.2 Å². The number of halogens is 1. The number of rotatable bonds is 5. The number of thioether (sulfide) groups is 1. The van der Waals surface area contributed by atoms with Gasteiger partial charge >= 0.3 is 0 Å². The van der Waals surface area contributed by atoms with Gasteiger partial charge in [-0.2, -0.15) is 0 Å². The molecule has 1 aromatic carbocycles. The van der Waals surface area contributed by atoms with Crippen LogP contribution in [0.3, 0.4) is 0 Å². The summed E-state index contributed by atoms with van der Waals surface area (Å²) in [7, 11) is 0. The van der Waals surface area contributed by atoms with E-state index in [1.807, 2.05) is 18.2 Å². The number of benzene rings is 1. The van der Waals surface area contributed by atoms with E-state index in [1.54, 1.807) is 30.2 Å². The molecular formula is C19H20FN3OS. The van der Waals surface area contributed by atoms with Crippen molar-refractivity contribution < 1.29 is 8.81 Å². The minimum absolute atomic E-state index is 0.205. The lowest BCUT2D eigenvalue weighted by atomic mass is 9.95. The number of nitrogens with zero attached hydrogens (tertiary/aromatic N) is 3. The summed E-state index contributed by atoms with van der Waals surface area (Å²) < 4.78 is 21.2. The van der Waals surface area contributed by atoms with Gasteiger partial charge in [-0.25, -0.2) is 4.39 Å². The molecule has 0 saturated heterocycles. The van der Waals surface area contributed by atoms with Crippen LogP contribution in [0.25, 0.3) is 11.6 Å². The first-order valence-corrected chi connectivity index (χ1v) is 9.66. The zero-order chi connectivity index (χ0) is 17.1. The van der Waals surface area contributed by atoms with Crippen molar-refractivity contribution >= 4 is 11.8 Å². The maximum absolute atomic E-state index is 13.4. The molecule has 0 amide bonds. The fraction of sp³-hybridized carbons (Fsp3) is 0.368. The van der Waals surface area contributed by atoms with Crippen molar-refractivity contribution in [3.8, 4) is 11.6 Å². The van der Waals surface area contributed by atoms with Crippen LogP contribution in [0.4, 0.5) is 4.39 Å². The minimum atomic E-state index is -0.205. The molecule has 25 heavy (non-hydrogen) atoms. The molecule has 4 nitrogen and oxygen atoms in total. The monoisotopic (exact) mass is 357 g/mol. The van der Waals surface area contributed by atoms with Gasteiger partial charge in [0.05, 0.1) is 6.26 Å². The van der Waals surface area contributed by atoms with Crippen molar-refractivity contribution in [2.75, 3.05) is 0 Å². The van der Waals surface area contributed by atoms with Crippen LogP contribution in [0.15, 0.2) is 52.2 Å². The maximum atomic E-state index is 13.4. The van der Waals surface area contributed by atoms with E-state index < -0.39 is 0 Å². The minimum Gasteiger partial charge on any atom is -0.461 e. The highest BCUT2D eigenvalue weighted by Gasteiger charge is 2.24. The van der Waals surface area contributed by atoms with Crippen molar-refractivity contribution in [1.82, 2.24) is 14.8 Å². The first-order valence-electron chi connectivity index (χ1n) is 8.67. The van der Waals surface area contributed by atoms with Crippen molar-refractivity contribution in [2.45, 2.75) is 49.1 Å². The lowest BCUT2D eigenvalue weighted by molar-refractivity contribution is 0.337. The summed E-state index contributed by atoms with van der Waals surface area (Å²) in [5, 5.41) is 9.67. The van der Waals surface area contributed by atoms with Crippen LogP contribution in [-0.4, -0.2) is 14.8 Å². The number of hydrogen-bond acceptors (Lipinski definition) is 4. The molecule has 1 fully saturated rings. The molecule has 6 heteroatoms. The second-order valence-corrected chi connectivity index (χ2v) is 7.31. The molecule has 3 aromatic rings. The van der Waals surface area contributed by atoms with Gasteiger partial charge in [0, 0.05) is 11.8 Å². The van der Waals surface area contributed by atoms with E-state index in [2.05, 4.69) is 14.8 Å². The Morgan fingerprint density at radius 3 is 2.76 bits per heavy atom. The topological polar surface area (TPSA) is 43.9 Å². The summed E-state index contributed by atoms with van der Waals surface area (Å²) in [6, 6.07) is 10.9. The third kappa shape index (κ3) is 3.63. The summed E-state index contributed by atoms with van der Waals surface area (Å²) in [6.07, 6.45) is 7.69. The van der Waals surface area contributed by atoms with Crippen LogP contribution in [-0.2, 0) is 5.75 Å². The zero-order valence-electron chi connectivity index (χ0n) is 13.9. The van der Waals surface area contributed by atoms with E-state index in [0.29, 0.717) is 11.8 Å². The molecule has 0 radical (unpaired) electrons. The van der Waals surface area contributed by atoms with Crippen LogP contribution in [0.1, 0.15) is 43.7 Å². The highest BCUT2D eigenvalue weighted by atomic mass is 32.2. The Bertz CT molecular complexity index is 825. The molecular weight excluding hydrogens is 337 g/mol. The van der Waals surface area contributed by atoms with E-state index in [9.17, 15) is 4.39 Å². The van der Waals surface area contributed by atoms with E-state index in [0.717, 1.165) is 35.1 Å². The van der Waals surface area contributed by atoms with Gasteiger partial charge < -0.3 is 4.42 Å². The Kier molecular flexibility index (Phi) is 4.88. The average molecular weight is 357 g/mol. The number of furan rings is 1. The maximum Gasteiger partial charge on any atom is 0.200 e. The Morgan fingerprint density at radius 2 is 2.00 bits per heavy atom. The second kappa shape index (κ2) is 7.44. The van der Waals surface area contributed by atoms with Gasteiger partial charge in [0.2, 0.25) is 5.82 Å². The summed E-state index contributed by atoms with van der Waals surface area (Å²) in [5.41, 5.74) is 0.947. The van der Waals surface area contributed by atoms with Crippen LogP contribution in [0.5, 0.6) is 0 Å². The van der Waals surface area contributed by atoms with Gasteiger partial charge in [-0.15, -0.1) is 10.2 Å². The van der Waals surface area contributed by atoms with Gasteiger partial charge in [0.15, 0.2) is 10.9 Å². The van der Waals surface area contributed by atoms with Crippen LogP contribution < -0.4 is 0 Å². The summed E-state index contributed by atoms with van der Waals surface area (Å²) >= 11 is 1.60. The summed E-state index contributed by atoms with van der Waals surface area (Å²) in [4.78, 5) is 0. The molecule has 0 spiro atoms. The first kappa shape index (κ1) is 16.4. The molecule has 4 rings (SSSR count). The van der Waals surface area contributed by atoms with Crippen molar-refractivity contribution in [1.29, 1.82) is 0 Å². The SMILES string of the molecule is Fc1cccc(CSc2nnc(-c3ccco3)n2C2CCCCC2)c1. The standard InChI is InChI=1S/C19H20FN3OS/c20-15-7-4-6-14(12-15)13-25-19-22-21-18(17-10-5-11-24-17)23(19)16-8-2-1-3-9-16/h4-7,10-12,16H,1-3,8-9,13H2. The van der Waals surface area contributed by atoms with Crippen molar-refractivity contribution in [3.63, 3.8) is 0 Å². The Hall–Kier alpha value is -2.08. The molecule has 0 N–H and O–H groups in total. The van der Waals surface area contributed by atoms with E-state index >= 15 is 0 Å². The predicted molar refractivity (Wildman–Crippen MR) is 95.8 cm³/mol. The third-order valence-corrected chi connectivity index (χ3v) is 5.62. The number of hydrogen-bond donors (Lipinski definition) is 0. The van der Waals surface area contributed by atoms with E-state index in [4.69, 9.17) is 4.42 Å². The Labute approximate surface area is 150 Å². The molecule has 2 heterocycles. The molecule has 1 saturated carbocycles. The quantitative estimate of drug-likeness (QED) is 0.568. The van der Waals surface area contributed by atoms with Gasteiger partial charge in [0.25, 0.3) is 0 Å². The lowest BCUT2D eigenvalue weighted by Crippen LogP contribution is -2.15. The van der Waals surface area contributed by atoms with Crippen LogP contribution >= 0.6 is 11.8 Å².